The van der Waals surface area contributed by atoms with E-state index in [1.807, 2.05) is 0 Å². The smallest absolute Gasteiger partial charge is 0.326 e. The average molecular weight is 235 g/mol. The van der Waals surface area contributed by atoms with Crippen LogP contribution < -0.4 is 5.32 Å². The summed E-state index contributed by atoms with van der Waals surface area (Å²) in [6, 6.07) is 5.60. The second-order valence-corrected chi connectivity index (χ2v) is 3.65. The standard InChI is InChI=1S/C12H13NO4/c1-8(15)13-11(12(16)17)6-9-2-4-10(7-14)5-3-9/h2-5,7,11H,6H2,1H3,(H,13,15)(H,16,17)/t11-/m0/s1. The number of rotatable bonds is 5. The van der Waals surface area contributed by atoms with Crippen molar-refractivity contribution in [2.45, 2.75) is 19.4 Å². The van der Waals surface area contributed by atoms with Gasteiger partial charge in [0.1, 0.15) is 12.3 Å². The Kier molecular flexibility index (Phi) is 4.39. The monoisotopic (exact) mass is 235 g/mol. The van der Waals surface area contributed by atoms with E-state index in [-0.39, 0.29) is 12.3 Å². The van der Waals surface area contributed by atoms with Gasteiger partial charge in [-0.1, -0.05) is 24.3 Å². The molecule has 0 saturated heterocycles. The summed E-state index contributed by atoms with van der Waals surface area (Å²) >= 11 is 0. The van der Waals surface area contributed by atoms with Crippen LogP contribution in [0.25, 0.3) is 0 Å². The first-order valence-electron chi connectivity index (χ1n) is 5.07. The van der Waals surface area contributed by atoms with Gasteiger partial charge in [0.25, 0.3) is 0 Å². The van der Waals surface area contributed by atoms with E-state index in [1.165, 1.54) is 6.92 Å². The van der Waals surface area contributed by atoms with Crippen LogP contribution in [0.5, 0.6) is 0 Å². The van der Waals surface area contributed by atoms with E-state index in [0.717, 1.165) is 5.56 Å². The molecule has 0 fully saturated rings. The van der Waals surface area contributed by atoms with Crippen LogP contribution in [0.3, 0.4) is 0 Å². The topological polar surface area (TPSA) is 83.5 Å². The molecule has 0 heterocycles. The van der Waals surface area contributed by atoms with Gasteiger partial charge in [-0.15, -0.1) is 0 Å². The van der Waals surface area contributed by atoms with E-state index in [2.05, 4.69) is 5.32 Å². The van der Waals surface area contributed by atoms with Gasteiger partial charge in [-0.2, -0.15) is 0 Å². The van der Waals surface area contributed by atoms with Crippen LogP contribution in [-0.4, -0.2) is 29.3 Å². The van der Waals surface area contributed by atoms with Crippen molar-refractivity contribution in [1.82, 2.24) is 5.32 Å². The average Bonchev–Trinajstić information content (AvgIpc) is 2.28. The van der Waals surface area contributed by atoms with Crippen LogP contribution in [0.2, 0.25) is 0 Å². The molecule has 0 aliphatic rings. The largest absolute Gasteiger partial charge is 0.480 e. The Balaban J connectivity index is 2.74. The Morgan fingerprint density at radius 3 is 2.35 bits per heavy atom. The molecule has 0 radical (unpaired) electrons. The predicted molar refractivity (Wildman–Crippen MR) is 60.8 cm³/mol. The molecule has 5 heteroatoms. The van der Waals surface area contributed by atoms with Crippen LogP contribution in [0, 0.1) is 0 Å². The minimum atomic E-state index is -1.08. The minimum absolute atomic E-state index is 0.189. The molecule has 1 atom stereocenters. The third-order valence-electron chi connectivity index (χ3n) is 2.23. The zero-order valence-corrected chi connectivity index (χ0v) is 9.34. The first-order valence-corrected chi connectivity index (χ1v) is 5.07. The number of carbonyl (C=O) groups is 3. The quantitative estimate of drug-likeness (QED) is 0.733. The van der Waals surface area contributed by atoms with Crippen molar-refractivity contribution < 1.29 is 19.5 Å². The van der Waals surface area contributed by atoms with Crippen LogP contribution in [0.1, 0.15) is 22.8 Å². The zero-order valence-electron chi connectivity index (χ0n) is 9.34. The number of hydrogen-bond donors (Lipinski definition) is 2. The van der Waals surface area contributed by atoms with Crippen molar-refractivity contribution in [1.29, 1.82) is 0 Å². The molecule has 1 aromatic carbocycles. The van der Waals surface area contributed by atoms with Crippen molar-refractivity contribution in [3.8, 4) is 0 Å². The fraction of sp³-hybridized carbons (Fsp3) is 0.250. The van der Waals surface area contributed by atoms with Gasteiger partial charge in [-0.3, -0.25) is 9.59 Å². The minimum Gasteiger partial charge on any atom is -0.480 e. The van der Waals surface area contributed by atoms with Gasteiger partial charge >= 0.3 is 5.97 Å². The molecule has 5 nitrogen and oxygen atoms in total. The highest BCUT2D eigenvalue weighted by molar-refractivity contribution is 5.82. The van der Waals surface area contributed by atoms with E-state index < -0.39 is 12.0 Å². The van der Waals surface area contributed by atoms with Crippen molar-refractivity contribution in [3.05, 3.63) is 35.4 Å². The van der Waals surface area contributed by atoms with E-state index in [0.29, 0.717) is 11.8 Å². The van der Waals surface area contributed by atoms with Crippen molar-refractivity contribution in [2.75, 3.05) is 0 Å². The molecule has 0 spiro atoms. The third kappa shape index (κ3) is 4.06. The van der Waals surface area contributed by atoms with Gasteiger partial charge in [0.05, 0.1) is 0 Å². The van der Waals surface area contributed by atoms with Crippen LogP contribution in [0.15, 0.2) is 24.3 Å². The fourth-order valence-electron chi connectivity index (χ4n) is 1.41. The molecule has 0 saturated carbocycles. The fourth-order valence-corrected chi connectivity index (χ4v) is 1.41. The third-order valence-corrected chi connectivity index (χ3v) is 2.23. The molecule has 2 N–H and O–H groups in total. The molecule has 17 heavy (non-hydrogen) atoms. The second kappa shape index (κ2) is 5.79. The lowest BCUT2D eigenvalue weighted by molar-refractivity contribution is -0.141. The number of hydrogen-bond acceptors (Lipinski definition) is 3. The summed E-state index contributed by atoms with van der Waals surface area (Å²) in [6.07, 6.45) is 0.903. The van der Waals surface area contributed by atoms with Crippen LogP contribution in [0.4, 0.5) is 0 Å². The highest BCUT2D eigenvalue weighted by atomic mass is 16.4. The van der Waals surface area contributed by atoms with E-state index in [4.69, 9.17) is 5.11 Å². The van der Waals surface area contributed by atoms with Gasteiger partial charge < -0.3 is 10.4 Å². The number of aliphatic carboxylic acids is 1. The molecule has 0 aliphatic carbocycles. The summed E-state index contributed by atoms with van der Waals surface area (Å²) < 4.78 is 0. The lowest BCUT2D eigenvalue weighted by Gasteiger charge is -2.13. The Bertz CT molecular complexity index is 425. The number of benzene rings is 1. The van der Waals surface area contributed by atoms with E-state index in [1.54, 1.807) is 24.3 Å². The Morgan fingerprint density at radius 1 is 1.35 bits per heavy atom. The number of amides is 1. The molecular weight excluding hydrogens is 222 g/mol. The molecule has 0 bridgehead atoms. The summed E-state index contributed by atoms with van der Waals surface area (Å²) in [4.78, 5) is 32.2. The maximum atomic E-state index is 10.9. The number of carboxylic acid groups (broad SMARTS) is 1. The summed E-state index contributed by atoms with van der Waals surface area (Å²) in [7, 11) is 0. The van der Waals surface area contributed by atoms with Gasteiger partial charge in [0.15, 0.2) is 0 Å². The van der Waals surface area contributed by atoms with Crippen molar-refractivity contribution in [2.24, 2.45) is 0 Å². The van der Waals surface area contributed by atoms with Gasteiger partial charge in [-0.05, 0) is 5.56 Å². The highest BCUT2D eigenvalue weighted by Gasteiger charge is 2.18. The SMILES string of the molecule is CC(=O)N[C@@H](Cc1ccc(C=O)cc1)C(=O)O. The van der Waals surface area contributed by atoms with Crippen molar-refractivity contribution in [3.63, 3.8) is 0 Å². The molecule has 1 amide bonds. The number of aldehydes is 1. The Labute approximate surface area is 98.4 Å². The predicted octanol–water partition coefficient (Wildman–Crippen LogP) is 0.631. The molecule has 0 aliphatic heterocycles. The Hall–Kier alpha value is -2.17. The lowest BCUT2D eigenvalue weighted by atomic mass is 10.0. The Morgan fingerprint density at radius 2 is 1.94 bits per heavy atom. The van der Waals surface area contributed by atoms with Gasteiger partial charge in [0.2, 0.25) is 5.91 Å². The molecule has 90 valence electrons. The molecule has 1 aromatic rings. The maximum Gasteiger partial charge on any atom is 0.326 e. The van der Waals surface area contributed by atoms with Crippen LogP contribution in [-0.2, 0) is 16.0 Å². The van der Waals surface area contributed by atoms with E-state index in [9.17, 15) is 14.4 Å². The lowest BCUT2D eigenvalue weighted by Crippen LogP contribution is -2.41. The van der Waals surface area contributed by atoms with Crippen molar-refractivity contribution >= 4 is 18.2 Å². The van der Waals surface area contributed by atoms with Gasteiger partial charge in [-0.25, -0.2) is 4.79 Å². The number of carboxylic acids is 1. The normalized spacial score (nSPS) is 11.6. The first-order chi connectivity index (χ1) is 8.02. The summed E-state index contributed by atoms with van der Waals surface area (Å²) in [6.45, 7) is 1.27. The van der Waals surface area contributed by atoms with Crippen LogP contribution >= 0.6 is 0 Å². The molecule has 0 aromatic heterocycles. The van der Waals surface area contributed by atoms with Gasteiger partial charge in [0, 0.05) is 18.9 Å². The zero-order chi connectivity index (χ0) is 12.8. The maximum absolute atomic E-state index is 10.9. The second-order valence-electron chi connectivity index (χ2n) is 3.65. The highest BCUT2D eigenvalue weighted by Crippen LogP contribution is 2.06. The number of nitrogens with one attached hydrogen (secondary N) is 1. The first kappa shape index (κ1) is 12.9. The molecule has 0 unspecified atom stereocenters. The molecule has 1 rings (SSSR count). The summed E-state index contributed by atoms with van der Waals surface area (Å²) in [5, 5.41) is 11.3. The summed E-state index contributed by atoms with van der Waals surface area (Å²) in [5.41, 5.74) is 1.27. The van der Waals surface area contributed by atoms with E-state index >= 15 is 0 Å². The summed E-state index contributed by atoms with van der Waals surface area (Å²) in [5.74, 6) is -1.47. The molecular formula is C12H13NO4. The number of carbonyl (C=O) groups excluding carboxylic acids is 2.